The fraction of sp³-hybridized carbons (Fsp3) is 0.125. The van der Waals surface area contributed by atoms with E-state index in [9.17, 15) is 10.1 Å². The Balaban J connectivity index is 2.15. The van der Waals surface area contributed by atoms with Crippen molar-refractivity contribution in [2.75, 3.05) is 0 Å². The van der Waals surface area contributed by atoms with Crippen LogP contribution in [0.1, 0.15) is 16.7 Å². The maximum atomic E-state index is 10.4. The monoisotopic (exact) mass is 347 g/mol. The van der Waals surface area contributed by atoms with Crippen molar-refractivity contribution in [2.24, 2.45) is 0 Å². The molecule has 0 N–H and O–H groups in total. The van der Waals surface area contributed by atoms with E-state index in [1.165, 1.54) is 11.6 Å². The summed E-state index contributed by atoms with van der Waals surface area (Å²) in [7, 11) is 0. The van der Waals surface area contributed by atoms with Crippen molar-refractivity contribution in [3.8, 4) is 5.75 Å². The third-order valence-electron chi connectivity index (χ3n) is 2.86. The zero-order valence-electron chi connectivity index (χ0n) is 11.5. The second-order valence-electron chi connectivity index (χ2n) is 4.56. The number of hydrogen-bond acceptors (Lipinski definition) is 3. The Kier molecular flexibility index (Phi) is 5.11. The molecule has 0 amide bonds. The van der Waals surface area contributed by atoms with E-state index in [1.54, 1.807) is 12.1 Å². The van der Waals surface area contributed by atoms with Gasteiger partial charge in [-0.05, 0) is 30.7 Å². The minimum Gasteiger partial charge on any atom is -0.488 e. The maximum absolute atomic E-state index is 10.4. The van der Waals surface area contributed by atoms with Crippen LogP contribution in [0.25, 0.3) is 6.08 Å². The summed E-state index contributed by atoms with van der Waals surface area (Å²) in [5.41, 5.74) is 2.90. The molecule has 2 aromatic carbocycles. The number of nitro groups is 1. The Bertz CT molecular complexity index is 666. The second-order valence-corrected chi connectivity index (χ2v) is 5.47. The molecule has 21 heavy (non-hydrogen) atoms. The molecule has 0 aliphatic carbocycles. The van der Waals surface area contributed by atoms with Gasteiger partial charge in [0.15, 0.2) is 0 Å². The molecule has 0 aliphatic rings. The number of nitrogens with zero attached hydrogens (tertiary/aromatic N) is 1. The molecule has 0 atom stereocenters. The topological polar surface area (TPSA) is 52.4 Å². The van der Waals surface area contributed by atoms with Crippen LogP contribution in [0.3, 0.4) is 0 Å². The summed E-state index contributed by atoms with van der Waals surface area (Å²) in [5.74, 6) is 0.608. The molecule has 0 aromatic heterocycles. The zero-order valence-corrected chi connectivity index (χ0v) is 13.0. The highest BCUT2D eigenvalue weighted by atomic mass is 79.9. The predicted octanol–water partition coefficient (Wildman–Crippen LogP) is 4.58. The van der Waals surface area contributed by atoms with Crippen LogP contribution in [0, 0.1) is 17.0 Å². The molecule has 0 fully saturated rings. The van der Waals surface area contributed by atoms with Crippen LogP contribution < -0.4 is 4.74 Å². The van der Waals surface area contributed by atoms with E-state index in [2.05, 4.69) is 15.9 Å². The van der Waals surface area contributed by atoms with Gasteiger partial charge in [-0.3, -0.25) is 10.1 Å². The lowest BCUT2D eigenvalue weighted by molar-refractivity contribution is -0.400. The van der Waals surface area contributed by atoms with Gasteiger partial charge in [0.25, 0.3) is 0 Å². The van der Waals surface area contributed by atoms with E-state index in [0.717, 1.165) is 16.2 Å². The van der Waals surface area contributed by atoms with Gasteiger partial charge in [0.1, 0.15) is 12.4 Å². The predicted molar refractivity (Wildman–Crippen MR) is 85.7 cm³/mol. The second kappa shape index (κ2) is 7.04. The molecule has 2 aromatic rings. The lowest BCUT2D eigenvalue weighted by atomic mass is 10.1. The molecular formula is C16H14BrNO3. The van der Waals surface area contributed by atoms with Gasteiger partial charge in [-0.1, -0.05) is 45.8 Å². The third kappa shape index (κ3) is 4.72. The van der Waals surface area contributed by atoms with Crippen LogP contribution in [0.5, 0.6) is 5.75 Å². The summed E-state index contributed by atoms with van der Waals surface area (Å²) in [4.78, 5) is 9.95. The first kappa shape index (κ1) is 15.3. The lowest BCUT2D eigenvalue weighted by Crippen LogP contribution is -1.97. The van der Waals surface area contributed by atoms with Crippen LogP contribution in [0.2, 0.25) is 0 Å². The first-order chi connectivity index (χ1) is 10.0. The number of halogens is 1. The zero-order chi connectivity index (χ0) is 15.2. The molecule has 0 heterocycles. The van der Waals surface area contributed by atoms with Crippen molar-refractivity contribution in [3.05, 3.63) is 79.9 Å². The SMILES string of the molecule is Cc1ccc(COc2ccc(Br)cc2/C=C/[N+](=O)[O-])cc1. The Morgan fingerprint density at radius 3 is 2.62 bits per heavy atom. The average Bonchev–Trinajstić information content (AvgIpc) is 2.45. The number of ether oxygens (including phenoxy) is 1. The van der Waals surface area contributed by atoms with Crippen LogP contribution in [0.15, 0.2) is 53.1 Å². The highest BCUT2D eigenvalue weighted by Gasteiger charge is 2.04. The molecule has 5 heteroatoms. The standard InChI is InChI=1S/C16H14BrNO3/c1-12-2-4-13(5-3-12)11-21-16-7-6-15(17)10-14(16)8-9-18(19)20/h2-10H,11H2,1H3/b9-8+. The van der Waals surface area contributed by atoms with E-state index in [1.807, 2.05) is 37.3 Å². The van der Waals surface area contributed by atoms with Gasteiger partial charge in [-0.15, -0.1) is 0 Å². The molecule has 0 radical (unpaired) electrons. The van der Waals surface area contributed by atoms with E-state index in [-0.39, 0.29) is 0 Å². The Labute approximate surface area is 131 Å². The van der Waals surface area contributed by atoms with Crippen LogP contribution in [-0.2, 0) is 6.61 Å². The van der Waals surface area contributed by atoms with Crippen molar-refractivity contribution in [1.82, 2.24) is 0 Å². The smallest absolute Gasteiger partial charge is 0.235 e. The number of benzene rings is 2. The molecule has 0 saturated carbocycles. The molecule has 0 bridgehead atoms. The number of hydrogen-bond donors (Lipinski definition) is 0. The fourth-order valence-corrected chi connectivity index (χ4v) is 2.15. The fourth-order valence-electron chi connectivity index (χ4n) is 1.77. The third-order valence-corrected chi connectivity index (χ3v) is 3.36. The van der Waals surface area contributed by atoms with Crippen molar-refractivity contribution in [2.45, 2.75) is 13.5 Å². The Morgan fingerprint density at radius 1 is 1.24 bits per heavy atom. The van der Waals surface area contributed by atoms with Gasteiger partial charge < -0.3 is 4.74 Å². The summed E-state index contributed by atoms with van der Waals surface area (Å²) in [6.45, 7) is 2.45. The van der Waals surface area contributed by atoms with Crippen LogP contribution in [0.4, 0.5) is 0 Å². The van der Waals surface area contributed by atoms with Gasteiger partial charge in [0.2, 0.25) is 6.20 Å². The quantitative estimate of drug-likeness (QED) is 0.587. The molecule has 0 unspecified atom stereocenters. The van der Waals surface area contributed by atoms with E-state index in [4.69, 9.17) is 4.74 Å². The molecular weight excluding hydrogens is 334 g/mol. The first-order valence-electron chi connectivity index (χ1n) is 6.34. The van der Waals surface area contributed by atoms with Crippen LogP contribution in [-0.4, -0.2) is 4.92 Å². The van der Waals surface area contributed by atoms with E-state index >= 15 is 0 Å². The van der Waals surface area contributed by atoms with Crippen molar-refractivity contribution in [3.63, 3.8) is 0 Å². The molecule has 4 nitrogen and oxygen atoms in total. The average molecular weight is 348 g/mol. The number of rotatable bonds is 5. The van der Waals surface area contributed by atoms with Crippen molar-refractivity contribution in [1.29, 1.82) is 0 Å². The summed E-state index contributed by atoms with van der Waals surface area (Å²) in [6.07, 6.45) is 2.33. The highest BCUT2D eigenvalue weighted by Crippen LogP contribution is 2.25. The minimum atomic E-state index is -0.495. The van der Waals surface area contributed by atoms with E-state index in [0.29, 0.717) is 17.9 Å². The molecule has 2 rings (SSSR count). The number of aryl methyl sites for hydroxylation is 1. The largest absolute Gasteiger partial charge is 0.488 e. The van der Waals surface area contributed by atoms with Gasteiger partial charge in [-0.25, -0.2) is 0 Å². The highest BCUT2D eigenvalue weighted by molar-refractivity contribution is 9.10. The molecule has 108 valence electrons. The summed E-state index contributed by atoms with van der Waals surface area (Å²) in [6, 6.07) is 13.5. The van der Waals surface area contributed by atoms with Crippen LogP contribution >= 0.6 is 15.9 Å². The van der Waals surface area contributed by atoms with Crippen molar-refractivity contribution < 1.29 is 9.66 Å². The minimum absolute atomic E-state index is 0.418. The molecule has 0 saturated heterocycles. The van der Waals surface area contributed by atoms with Gasteiger partial charge >= 0.3 is 0 Å². The summed E-state index contributed by atoms with van der Waals surface area (Å²) < 4.78 is 6.60. The summed E-state index contributed by atoms with van der Waals surface area (Å²) >= 11 is 3.35. The molecule has 0 spiro atoms. The van der Waals surface area contributed by atoms with Gasteiger partial charge in [0, 0.05) is 16.1 Å². The Hall–Kier alpha value is -2.14. The first-order valence-corrected chi connectivity index (χ1v) is 7.13. The van der Waals surface area contributed by atoms with Gasteiger partial charge in [-0.2, -0.15) is 0 Å². The van der Waals surface area contributed by atoms with Crippen molar-refractivity contribution >= 4 is 22.0 Å². The normalized spacial score (nSPS) is 10.8. The van der Waals surface area contributed by atoms with E-state index < -0.39 is 4.92 Å². The Morgan fingerprint density at radius 2 is 1.95 bits per heavy atom. The molecule has 0 aliphatic heterocycles. The van der Waals surface area contributed by atoms with Gasteiger partial charge in [0.05, 0.1) is 4.92 Å². The lowest BCUT2D eigenvalue weighted by Gasteiger charge is -2.09. The maximum Gasteiger partial charge on any atom is 0.235 e. The summed E-state index contributed by atoms with van der Waals surface area (Å²) in [5, 5.41) is 10.4.